The van der Waals surface area contributed by atoms with E-state index in [2.05, 4.69) is 33.1 Å². The Kier molecular flexibility index (Phi) is 6.20. The lowest BCUT2D eigenvalue weighted by atomic mass is 9.81. The standard InChI is InChI=1S/C20H25Cl2N5O3/c1-10-5-2-3-8-27(10)20-25-17-15(19(30)26-20)11(9-14(28)24-17)18(29)23-13-7-4-6-12(21)16(13)22/h4,6-7,10-11,15,17,20,25H,2-3,5,8-9H2,1H3,(H,23,29)(H,24,28)(H,26,30). The number of carbonyl (C=O) groups excluding carboxylic acids is 3. The molecule has 10 heteroatoms. The average Bonchev–Trinajstić information content (AvgIpc) is 2.70. The molecule has 3 aliphatic heterocycles. The Morgan fingerprint density at radius 2 is 2.00 bits per heavy atom. The number of piperidine rings is 2. The lowest BCUT2D eigenvalue weighted by molar-refractivity contribution is -0.148. The predicted molar refractivity (Wildman–Crippen MR) is 114 cm³/mol. The highest BCUT2D eigenvalue weighted by Gasteiger charge is 2.49. The van der Waals surface area contributed by atoms with Crippen LogP contribution in [0.5, 0.6) is 0 Å². The molecule has 1 aromatic rings. The molecular formula is C20H25Cl2N5O3. The van der Waals surface area contributed by atoms with Gasteiger partial charge in [0.15, 0.2) is 0 Å². The Balaban J connectivity index is 1.52. The maximum atomic E-state index is 13.0. The molecule has 8 nitrogen and oxygen atoms in total. The molecule has 5 unspecified atom stereocenters. The number of hydrogen-bond acceptors (Lipinski definition) is 5. The first kappa shape index (κ1) is 21.4. The van der Waals surface area contributed by atoms with Crippen LogP contribution in [0.2, 0.25) is 10.0 Å². The van der Waals surface area contributed by atoms with Crippen LogP contribution in [0.15, 0.2) is 18.2 Å². The summed E-state index contributed by atoms with van der Waals surface area (Å²) in [5, 5.41) is 12.4. The van der Waals surface area contributed by atoms with Crippen LogP contribution in [-0.4, -0.2) is 47.7 Å². The van der Waals surface area contributed by atoms with E-state index in [1.165, 1.54) is 0 Å². The number of hydrogen-bond donors (Lipinski definition) is 4. The van der Waals surface area contributed by atoms with E-state index in [4.69, 9.17) is 23.2 Å². The molecule has 0 saturated carbocycles. The van der Waals surface area contributed by atoms with E-state index in [1.807, 2.05) is 0 Å². The van der Waals surface area contributed by atoms with Crippen molar-refractivity contribution < 1.29 is 14.4 Å². The zero-order valence-corrected chi connectivity index (χ0v) is 18.1. The molecule has 4 rings (SSSR count). The maximum absolute atomic E-state index is 13.0. The van der Waals surface area contributed by atoms with Gasteiger partial charge < -0.3 is 16.0 Å². The summed E-state index contributed by atoms with van der Waals surface area (Å²) in [6.07, 6.45) is 2.20. The molecule has 3 saturated heterocycles. The van der Waals surface area contributed by atoms with Crippen molar-refractivity contribution in [1.29, 1.82) is 0 Å². The van der Waals surface area contributed by atoms with Gasteiger partial charge in [0.2, 0.25) is 17.7 Å². The van der Waals surface area contributed by atoms with Crippen molar-refractivity contribution in [3.05, 3.63) is 28.2 Å². The van der Waals surface area contributed by atoms with Crippen molar-refractivity contribution in [3.8, 4) is 0 Å². The van der Waals surface area contributed by atoms with Crippen LogP contribution in [0.3, 0.4) is 0 Å². The third kappa shape index (κ3) is 4.14. The van der Waals surface area contributed by atoms with E-state index in [9.17, 15) is 14.4 Å². The van der Waals surface area contributed by atoms with Gasteiger partial charge in [0.05, 0.1) is 33.7 Å². The van der Waals surface area contributed by atoms with Crippen LogP contribution >= 0.6 is 23.2 Å². The van der Waals surface area contributed by atoms with Crippen LogP contribution in [0.1, 0.15) is 32.6 Å². The van der Waals surface area contributed by atoms with Gasteiger partial charge in [-0.25, -0.2) is 0 Å². The fourth-order valence-corrected chi connectivity index (χ4v) is 4.92. The molecule has 3 fully saturated rings. The van der Waals surface area contributed by atoms with Gasteiger partial charge >= 0.3 is 0 Å². The molecule has 30 heavy (non-hydrogen) atoms. The third-order valence-corrected chi connectivity index (χ3v) is 6.98. The SMILES string of the molecule is CC1CCCCN1C1NC(=O)C2C(NC(=O)CC2C(=O)Nc2cccc(Cl)c2Cl)N1. The number of rotatable bonds is 3. The summed E-state index contributed by atoms with van der Waals surface area (Å²) in [6, 6.07) is 5.22. The van der Waals surface area contributed by atoms with Crippen molar-refractivity contribution in [2.45, 2.75) is 51.1 Å². The van der Waals surface area contributed by atoms with Gasteiger partial charge in [-0.1, -0.05) is 35.7 Å². The molecule has 3 heterocycles. The van der Waals surface area contributed by atoms with E-state index in [0.29, 0.717) is 16.8 Å². The number of nitrogens with zero attached hydrogens (tertiary/aromatic N) is 1. The molecule has 5 atom stereocenters. The fourth-order valence-electron chi connectivity index (χ4n) is 4.57. The first-order chi connectivity index (χ1) is 14.3. The molecular weight excluding hydrogens is 429 g/mol. The zero-order chi connectivity index (χ0) is 21.4. The first-order valence-corrected chi connectivity index (χ1v) is 11.0. The topological polar surface area (TPSA) is 103 Å². The lowest BCUT2D eigenvalue weighted by Gasteiger charge is -2.48. The first-order valence-electron chi connectivity index (χ1n) is 10.2. The number of nitrogens with one attached hydrogen (secondary N) is 4. The van der Waals surface area contributed by atoms with Gasteiger partial charge in [0, 0.05) is 19.0 Å². The number of likely N-dealkylation sites (tertiary alicyclic amines) is 1. The summed E-state index contributed by atoms with van der Waals surface area (Å²) in [6.45, 7) is 2.99. The monoisotopic (exact) mass is 453 g/mol. The molecule has 4 N–H and O–H groups in total. The lowest BCUT2D eigenvalue weighted by Crippen LogP contribution is -2.75. The van der Waals surface area contributed by atoms with Gasteiger partial charge in [0.1, 0.15) is 6.29 Å². The second-order valence-electron chi connectivity index (χ2n) is 8.13. The summed E-state index contributed by atoms with van der Waals surface area (Å²) in [4.78, 5) is 40.6. The number of fused-ring (bicyclic) bond motifs is 1. The molecule has 0 aliphatic carbocycles. The van der Waals surface area contributed by atoms with Crippen molar-refractivity contribution in [2.75, 3.05) is 11.9 Å². The van der Waals surface area contributed by atoms with Gasteiger partial charge in [-0.15, -0.1) is 0 Å². The number of halogens is 2. The molecule has 0 bridgehead atoms. The van der Waals surface area contributed by atoms with E-state index in [-0.39, 0.29) is 29.5 Å². The van der Waals surface area contributed by atoms with E-state index >= 15 is 0 Å². The van der Waals surface area contributed by atoms with Gasteiger partial charge in [-0.2, -0.15) is 0 Å². The largest absolute Gasteiger partial charge is 0.340 e. The molecule has 0 radical (unpaired) electrons. The molecule has 3 amide bonds. The van der Waals surface area contributed by atoms with Crippen molar-refractivity contribution in [3.63, 3.8) is 0 Å². The molecule has 162 valence electrons. The van der Waals surface area contributed by atoms with Gasteiger partial charge in [-0.3, -0.25) is 24.6 Å². The number of amides is 3. The predicted octanol–water partition coefficient (Wildman–Crippen LogP) is 1.89. The highest BCUT2D eigenvalue weighted by molar-refractivity contribution is 6.44. The Morgan fingerprint density at radius 3 is 2.77 bits per heavy atom. The van der Waals surface area contributed by atoms with Crippen molar-refractivity contribution >= 4 is 46.6 Å². The van der Waals surface area contributed by atoms with Gasteiger partial charge in [0.25, 0.3) is 0 Å². The van der Waals surface area contributed by atoms with Crippen LogP contribution in [0.4, 0.5) is 5.69 Å². The zero-order valence-electron chi connectivity index (χ0n) is 16.6. The number of anilines is 1. The van der Waals surface area contributed by atoms with E-state index < -0.39 is 23.9 Å². The molecule has 0 aromatic heterocycles. The average molecular weight is 454 g/mol. The molecule has 0 spiro atoms. The second-order valence-corrected chi connectivity index (χ2v) is 8.92. The minimum atomic E-state index is -0.828. The van der Waals surface area contributed by atoms with Crippen molar-refractivity contribution in [1.82, 2.24) is 20.9 Å². The minimum absolute atomic E-state index is 0.0783. The quantitative estimate of drug-likeness (QED) is 0.559. The van der Waals surface area contributed by atoms with Crippen LogP contribution in [0, 0.1) is 11.8 Å². The maximum Gasteiger partial charge on any atom is 0.229 e. The minimum Gasteiger partial charge on any atom is -0.340 e. The molecule has 3 aliphatic rings. The smallest absolute Gasteiger partial charge is 0.229 e. The number of benzene rings is 1. The summed E-state index contributed by atoms with van der Waals surface area (Å²) in [7, 11) is 0. The highest BCUT2D eigenvalue weighted by atomic mass is 35.5. The second kappa shape index (κ2) is 8.70. The van der Waals surface area contributed by atoms with Crippen LogP contribution in [-0.2, 0) is 14.4 Å². The summed E-state index contributed by atoms with van der Waals surface area (Å²) in [5.41, 5.74) is 0.348. The van der Waals surface area contributed by atoms with E-state index in [0.717, 1.165) is 25.8 Å². The van der Waals surface area contributed by atoms with E-state index in [1.54, 1.807) is 18.2 Å². The Bertz CT molecular complexity index is 867. The normalized spacial score (nSPS) is 32.0. The fraction of sp³-hybridized carbons (Fsp3) is 0.550. The van der Waals surface area contributed by atoms with Crippen LogP contribution in [0.25, 0.3) is 0 Å². The Morgan fingerprint density at radius 1 is 1.20 bits per heavy atom. The van der Waals surface area contributed by atoms with Gasteiger partial charge in [-0.05, 0) is 31.9 Å². The number of carbonyl (C=O) groups is 3. The van der Waals surface area contributed by atoms with Crippen molar-refractivity contribution in [2.24, 2.45) is 11.8 Å². The highest BCUT2D eigenvalue weighted by Crippen LogP contribution is 2.33. The third-order valence-electron chi connectivity index (χ3n) is 6.17. The Labute approximate surface area is 185 Å². The summed E-state index contributed by atoms with van der Waals surface area (Å²) < 4.78 is 0. The summed E-state index contributed by atoms with van der Waals surface area (Å²) >= 11 is 12.2. The Hall–Kier alpha value is -1.87. The summed E-state index contributed by atoms with van der Waals surface area (Å²) in [5.74, 6) is -2.52. The molecule has 1 aromatic carbocycles. The van der Waals surface area contributed by atoms with Crippen LogP contribution < -0.4 is 21.3 Å².